The minimum atomic E-state index is 0.500. The van der Waals surface area contributed by atoms with E-state index in [4.69, 9.17) is 4.42 Å². The van der Waals surface area contributed by atoms with Crippen molar-refractivity contribution in [1.82, 2.24) is 15.0 Å². The lowest BCUT2D eigenvalue weighted by molar-refractivity contribution is 0.541. The molecule has 0 N–H and O–H groups in total. The van der Waals surface area contributed by atoms with E-state index in [0.717, 1.165) is 0 Å². The molecule has 0 atom stereocenters. The summed E-state index contributed by atoms with van der Waals surface area (Å²) < 4.78 is 5.00. The van der Waals surface area contributed by atoms with Crippen LogP contribution >= 0.6 is 0 Å². The zero-order valence-electron chi connectivity index (χ0n) is 5.40. The van der Waals surface area contributed by atoms with Gasteiger partial charge < -0.3 is 4.42 Å². The molecule has 4 nitrogen and oxygen atoms in total. The molecule has 0 aliphatic carbocycles. The van der Waals surface area contributed by atoms with Gasteiger partial charge in [-0.25, -0.2) is 9.97 Å². The van der Waals surface area contributed by atoms with Gasteiger partial charge in [0, 0.05) is 0 Å². The summed E-state index contributed by atoms with van der Waals surface area (Å²) in [6.07, 6.45) is 3.03. The van der Waals surface area contributed by atoms with E-state index in [9.17, 15) is 0 Å². The van der Waals surface area contributed by atoms with E-state index < -0.39 is 0 Å². The van der Waals surface area contributed by atoms with Crippen LogP contribution in [0.2, 0.25) is 0 Å². The largest absolute Gasteiger partial charge is 0.442 e. The normalized spacial score (nSPS) is 10.5. The fourth-order valence-electron chi connectivity index (χ4n) is 0.782. The van der Waals surface area contributed by atoms with Crippen molar-refractivity contribution in [3.8, 4) is 11.7 Å². The van der Waals surface area contributed by atoms with Crippen LogP contribution in [0.25, 0.3) is 11.7 Å². The zero-order chi connectivity index (χ0) is 6.97. The second-order valence-electron chi connectivity index (χ2n) is 1.93. The van der Waals surface area contributed by atoms with Crippen LogP contribution in [-0.4, -0.2) is 15.0 Å². The number of hydrogen-bond donors (Lipinski definition) is 0. The van der Waals surface area contributed by atoms with E-state index in [1.165, 1.54) is 6.26 Å². The molecule has 0 bridgehead atoms. The number of imidazole rings is 1. The predicted molar refractivity (Wildman–Crippen MR) is 33.5 cm³/mol. The summed E-state index contributed by atoms with van der Waals surface area (Å²) in [5.41, 5.74) is 0. The van der Waals surface area contributed by atoms with Gasteiger partial charge in [0.2, 0.25) is 5.82 Å². The molecule has 0 saturated heterocycles. The molecule has 0 radical (unpaired) electrons. The van der Waals surface area contributed by atoms with Crippen LogP contribution in [0.5, 0.6) is 0 Å². The minimum absolute atomic E-state index is 0.500. The van der Waals surface area contributed by atoms with Crippen LogP contribution < -0.4 is 0 Å². The van der Waals surface area contributed by atoms with E-state index in [1.807, 2.05) is 0 Å². The van der Waals surface area contributed by atoms with Gasteiger partial charge in [0.15, 0.2) is 0 Å². The maximum absolute atomic E-state index is 5.00. The van der Waals surface area contributed by atoms with Gasteiger partial charge in [0.05, 0.1) is 6.20 Å². The van der Waals surface area contributed by atoms with Gasteiger partial charge in [-0.3, -0.25) is 0 Å². The summed E-state index contributed by atoms with van der Waals surface area (Å²) in [5, 5.41) is 0. The summed E-state index contributed by atoms with van der Waals surface area (Å²) in [7, 11) is 0. The molecule has 0 saturated carbocycles. The molecule has 0 fully saturated rings. The Balaban J connectivity index is 2.76. The van der Waals surface area contributed by atoms with Crippen molar-refractivity contribution in [2.24, 2.45) is 0 Å². The number of fused-ring (bicyclic) bond motifs is 1. The van der Waals surface area contributed by atoms with Crippen LogP contribution in [-0.2, 0) is 0 Å². The molecule has 0 unspecified atom stereocenters. The van der Waals surface area contributed by atoms with Gasteiger partial charge in [-0.15, -0.1) is 0 Å². The van der Waals surface area contributed by atoms with E-state index >= 15 is 0 Å². The Morgan fingerprint density at radius 2 is 2.30 bits per heavy atom. The number of aromatic nitrogens is 3. The molecule has 2 aliphatic rings. The average molecular weight is 135 g/mol. The van der Waals surface area contributed by atoms with E-state index in [1.54, 1.807) is 13.1 Å². The van der Waals surface area contributed by atoms with E-state index in [-0.39, 0.29) is 0 Å². The van der Waals surface area contributed by atoms with Gasteiger partial charge >= 0.3 is 0 Å². The van der Waals surface area contributed by atoms with Gasteiger partial charge in [-0.05, 0) is 6.92 Å². The molecule has 50 valence electrons. The van der Waals surface area contributed by atoms with Gasteiger partial charge in [-0.2, -0.15) is 4.98 Å². The Kier molecular flexibility index (Phi) is 0.943. The molecule has 0 amide bonds. The van der Waals surface area contributed by atoms with Crippen LogP contribution in [0.4, 0.5) is 0 Å². The summed E-state index contributed by atoms with van der Waals surface area (Å²) in [6, 6.07) is 0. The Morgan fingerprint density at radius 3 is 3.10 bits per heavy atom. The Bertz CT molecular complexity index is 287. The maximum Gasteiger partial charge on any atom is 0.266 e. The lowest BCUT2D eigenvalue weighted by atomic mass is 10.6. The van der Waals surface area contributed by atoms with E-state index in [2.05, 4.69) is 15.0 Å². The fourth-order valence-corrected chi connectivity index (χ4v) is 0.782. The third-order valence-corrected chi connectivity index (χ3v) is 1.16. The first-order valence-corrected chi connectivity index (χ1v) is 2.90. The van der Waals surface area contributed by atoms with Gasteiger partial charge in [0.1, 0.15) is 12.1 Å². The second-order valence-corrected chi connectivity index (χ2v) is 1.93. The van der Waals surface area contributed by atoms with Gasteiger partial charge in [-0.1, -0.05) is 0 Å². The molecule has 2 rings (SSSR count). The quantitative estimate of drug-likeness (QED) is 0.538. The first kappa shape index (κ1) is 5.34. The molecule has 0 aromatic carbocycles. The van der Waals surface area contributed by atoms with Crippen molar-refractivity contribution in [1.29, 1.82) is 0 Å². The first-order chi connectivity index (χ1) is 4.86. The van der Waals surface area contributed by atoms with Crippen LogP contribution in [0.1, 0.15) is 5.82 Å². The van der Waals surface area contributed by atoms with Crippen molar-refractivity contribution in [3.05, 3.63) is 18.3 Å². The highest BCUT2D eigenvalue weighted by atomic mass is 16.3. The number of aryl methyl sites for hydroxylation is 1. The molecule has 2 aliphatic heterocycles. The smallest absolute Gasteiger partial charge is 0.266 e. The maximum atomic E-state index is 5.00. The minimum Gasteiger partial charge on any atom is -0.442 e. The highest BCUT2D eigenvalue weighted by molar-refractivity contribution is 5.41. The summed E-state index contributed by atoms with van der Waals surface area (Å²) in [5.74, 6) is 1.76. The van der Waals surface area contributed by atoms with Gasteiger partial charge in [0.25, 0.3) is 5.89 Å². The fraction of sp³-hybridized carbons (Fsp3) is 0.167. The zero-order valence-corrected chi connectivity index (χ0v) is 5.40. The molecular formula is C6H5N3O. The molecule has 0 aromatic rings. The third kappa shape index (κ3) is 0.655. The Labute approximate surface area is 57.3 Å². The lowest BCUT2D eigenvalue weighted by Gasteiger charge is -1.87. The molecular weight excluding hydrogens is 130 g/mol. The molecule has 0 spiro atoms. The monoisotopic (exact) mass is 135 g/mol. The van der Waals surface area contributed by atoms with Crippen LogP contribution in [0.15, 0.2) is 16.9 Å². The van der Waals surface area contributed by atoms with Crippen molar-refractivity contribution < 1.29 is 4.42 Å². The van der Waals surface area contributed by atoms with Crippen LogP contribution in [0, 0.1) is 6.92 Å². The Morgan fingerprint density at radius 1 is 1.40 bits per heavy atom. The number of hydrogen-bond acceptors (Lipinski definition) is 4. The van der Waals surface area contributed by atoms with Crippen molar-refractivity contribution >= 4 is 0 Å². The topological polar surface area (TPSA) is 51.8 Å². The van der Waals surface area contributed by atoms with Crippen molar-refractivity contribution in [3.63, 3.8) is 0 Å². The number of nitrogens with zero attached hydrogens (tertiary/aromatic N) is 3. The molecule has 4 heteroatoms. The summed E-state index contributed by atoms with van der Waals surface area (Å²) in [6.45, 7) is 1.80. The molecule has 10 heavy (non-hydrogen) atoms. The van der Waals surface area contributed by atoms with Crippen molar-refractivity contribution in [2.75, 3.05) is 0 Å². The first-order valence-electron chi connectivity index (χ1n) is 2.90. The standard InChI is InChI=1S/C6H5N3O/c1-4-8-5-6(9-4)10-3-2-7-5/h2-3H,1H3. The van der Waals surface area contributed by atoms with E-state index in [0.29, 0.717) is 17.5 Å². The van der Waals surface area contributed by atoms with Crippen LogP contribution in [0.3, 0.4) is 0 Å². The number of rotatable bonds is 0. The molecule has 2 heterocycles. The highest BCUT2D eigenvalue weighted by Crippen LogP contribution is 2.13. The SMILES string of the molecule is Cc1nc2nccoc-2n1. The Hall–Kier alpha value is -1.45. The average Bonchev–Trinajstić information content (AvgIpc) is 2.27. The second kappa shape index (κ2) is 1.76. The summed E-state index contributed by atoms with van der Waals surface area (Å²) in [4.78, 5) is 11.9. The lowest BCUT2D eigenvalue weighted by Crippen LogP contribution is -1.80. The highest BCUT2D eigenvalue weighted by Gasteiger charge is 2.09. The molecule has 0 aromatic heterocycles. The summed E-state index contributed by atoms with van der Waals surface area (Å²) >= 11 is 0. The predicted octanol–water partition coefficient (Wildman–Crippen LogP) is 0.878. The van der Waals surface area contributed by atoms with Crippen molar-refractivity contribution in [2.45, 2.75) is 6.92 Å². The third-order valence-electron chi connectivity index (χ3n) is 1.16.